The van der Waals surface area contributed by atoms with Crippen molar-refractivity contribution in [2.24, 2.45) is 0 Å². The highest BCUT2D eigenvalue weighted by molar-refractivity contribution is 6.11. The first kappa shape index (κ1) is 22.1. The molecule has 2 aromatic carbocycles. The van der Waals surface area contributed by atoms with Crippen LogP contribution in [0.15, 0.2) is 60.9 Å². The van der Waals surface area contributed by atoms with Crippen molar-refractivity contribution in [3.05, 3.63) is 72.2 Å². The fraction of sp³-hybridized carbons (Fsp3) is 0.269. The van der Waals surface area contributed by atoms with Gasteiger partial charge in [0.05, 0.1) is 30.6 Å². The van der Waals surface area contributed by atoms with Crippen molar-refractivity contribution in [2.75, 3.05) is 50.6 Å². The number of rotatable bonds is 6. The highest BCUT2D eigenvalue weighted by Gasteiger charge is 2.17. The van der Waals surface area contributed by atoms with E-state index in [4.69, 9.17) is 4.74 Å². The van der Waals surface area contributed by atoms with Crippen LogP contribution in [0, 0.1) is 0 Å². The first-order valence-electron chi connectivity index (χ1n) is 11.4. The van der Waals surface area contributed by atoms with Crippen LogP contribution in [0.25, 0.3) is 22.0 Å². The number of ether oxygens (including phenoxy) is 1. The molecule has 0 aliphatic carbocycles. The molecule has 1 aliphatic rings. The van der Waals surface area contributed by atoms with Gasteiger partial charge in [0, 0.05) is 42.5 Å². The zero-order valence-electron chi connectivity index (χ0n) is 19.4. The molecule has 2 aromatic heterocycles. The van der Waals surface area contributed by atoms with Crippen LogP contribution in [0.1, 0.15) is 16.1 Å². The minimum absolute atomic E-state index is 0.245. The highest BCUT2D eigenvalue weighted by Crippen LogP contribution is 2.28. The normalized spacial score (nSPS) is 14.0. The molecule has 0 bridgehead atoms. The van der Waals surface area contributed by atoms with Gasteiger partial charge in [-0.15, -0.1) is 0 Å². The molecule has 0 atom stereocenters. The van der Waals surface area contributed by atoms with Crippen molar-refractivity contribution in [3.63, 3.8) is 0 Å². The summed E-state index contributed by atoms with van der Waals surface area (Å²) in [6.45, 7) is 3.96. The topological polar surface area (TPSA) is 86.4 Å². The maximum atomic E-state index is 13.1. The summed E-state index contributed by atoms with van der Waals surface area (Å²) in [5.41, 5.74) is 6.11. The van der Waals surface area contributed by atoms with Gasteiger partial charge in [0.25, 0.3) is 5.91 Å². The maximum Gasteiger partial charge on any atom is 0.276 e. The predicted octanol–water partition coefficient (Wildman–Crippen LogP) is 3.78. The minimum Gasteiger partial charge on any atom is -0.378 e. The summed E-state index contributed by atoms with van der Waals surface area (Å²) in [7, 11) is 4.04. The van der Waals surface area contributed by atoms with Crippen LogP contribution in [-0.2, 0) is 11.3 Å². The standard InChI is InChI=1S/C26H28N6O2/c1-31(2)17-18-4-3-5-21(12-18)28-26(33)25-23-14-19(6-7-24(23)29-30-25)20-13-22(16-27-15-20)32-8-10-34-11-9-32/h3-7,12-16H,8-11,17H2,1-2H3,(H,28,33)(H,29,30). The molecule has 0 saturated carbocycles. The summed E-state index contributed by atoms with van der Waals surface area (Å²) >= 11 is 0. The van der Waals surface area contributed by atoms with E-state index in [2.05, 4.69) is 36.4 Å². The number of pyridine rings is 1. The number of anilines is 2. The molecule has 2 N–H and O–H groups in total. The van der Waals surface area contributed by atoms with Crippen LogP contribution in [0.4, 0.5) is 11.4 Å². The van der Waals surface area contributed by atoms with Gasteiger partial charge in [-0.3, -0.25) is 14.9 Å². The third-order valence-electron chi connectivity index (χ3n) is 5.89. The molecule has 1 amide bonds. The number of carbonyl (C=O) groups excluding carboxylic acids is 1. The van der Waals surface area contributed by atoms with Crippen molar-refractivity contribution in [3.8, 4) is 11.1 Å². The Morgan fingerprint density at radius 1 is 1.09 bits per heavy atom. The summed E-state index contributed by atoms with van der Waals surface area (Å²) in [6.07, 6.45) is 3.73. The number of H-pyrrole nitrogens is 1. The Morgan fingerprint density at radius 2 is 1.94 bits per heavy atom. The number of amides is 1. The minimum atomic E-state index is -0.245. The Kier molecular flexibility index (Phi) is 6.24. The van der Waals surface area contributed by atoms with Crippen LogP contribution < -0.4 is 10.2 Å². The van der Waals surface area contributed by atoms with Gasteiger partial charge >= 0.3 is 0 Å². The van der Waals surface area contributed by atoms with E-state index in [1.54, 1.807) is 0 Å². The molecule has 34 heavy (non-hydrogen) atoms. The van der Waals surface area contributed by atoms with Gasteiger partial charge in [-0.05, 0) is 55.6 Å². The molecule has 0 spiro atoms. The molecule has 0 radical (unpaired) electrons. The number of carbonyl (C=O) groups is 1. The summed E-state index contributed by atoms with van der Waals surface area (Å²) in [6, 6.07) is 16.0. The Morgan fingerprint density at radius 3 is 2.76 bits per heavy atom. The lowest BCUT2D eigenvalue weighted by Gasteiger charge is -2.28. The van der Waals surface area contributed by atoms with Gasteiger partial charge < -0.3 is 19.9 Å². The molecule has 0 unspecified atom stereocenters. The van der Waals surface area contributed by atoms with Gasteiger partial charge in [0.15, 0.2) is 5.69 Å². The van der Waals surface area contributed by atoms with E-state index in [9.17, 15) is 4.79 Å². The van der Waals surface area contributed by atoms with E-state index < -0.39 is 0 Å². The van der Waals surface area contributed by atoms with Crippen LogP contribution in [0.3, 0.4) is 0 Å². The number of nitrogens with zero attached hydrogens (tertiary/aromatic N) is 4. The number of benzene rings is 2. The molecule has 174 valence electrons. The van der Waals surface area contributed by atoms with E-state index in [1.165, 1.54) is 0 Å². The van der Waals surface area contributed by atoms with Gasteiger partial charge in [-0.25, -0.2) is 0 Å². The van der Waals surface area contributed by atoms with E-state index in [-0.39, 0.29) is 5.91 Å². The number of nitrogens with one attached hydrogen (secondary N) is 2. The molecule has 3 heterocycles. The number of fused-ring (bicyclic) bond motifs is 1. The third-order valence-corrected chi connectivity index (χ3v) is 5.89. The lowest BCUT2D eigenvalue weighted by atomic mass is 10.0. The smallest absolute Gasteiger partial charge is 0.276 e. The number of hydrogen-bond donors (Lipinski definition) is 2. The first-order chi connectivity index (χ1) is 16.6. The van der Waals surface area contributed by atoms with Crippen LogP contribution in [0.2, 0.25) is 0 Å². The van der Waals surface area contributed by atoms with Gasteiger partial charge in [0.2, 0.25) is 0 Å². The Labute approximate surface area is 198 Å². The van der Waals surface area contributed by atoms with Crippen LogP contribution in [-0.4, -0.2) is 66.4 Å². The number of aromatic nitrogens is 3. The predicted molar refractivity (Wildman–Crippen MR) is 134 cm³/mol. The monoisotopic (exact) mass is 456 g/mol. The molecule has 4 aromatic rings. The van der Waals surface area contributed by atoms with Crippen molar-refractivity contribution in [1.82, 2.24) is 20.1 Å². The average molecular weight is 457 g/mol. The summed E-state index contributed by atoms with van der Waals surface area (Å²) < 4.78 is 5.46. The van der Waals surface area contributed by atoms with E-state index in [0.717, 1.165) is 71.8 Å². The van der Waals surface area contributed by atoms with E-state index in [1.807, 2.05) is 69.0 Å². The SMILES string of the molecule is CN(C)Cc1cccc(NC(=O)c2n[nH]c3ccc(-c4cncc(N5CCOCC5)c4)cc23)c1. The maximum absolute atomic E-state index is 13.1. The van der Waals surface area contributed by atoms with Crippen LogP contribution >= 0.6 is 0 Å². The molecule has 1 saturated heterocycles. The van der Waals surface area contributed by atoms with Crippen molar-refractivity contribution < 1.29 is 9.53 Å². The van der Waals surface area contributed by atoms with Crippen molar-refractivity contribution in [2.45, 2.75) is 6.54 Å². The fourth-order valence-electron chi connectivity index (χ4n) is 4.25. The van der Waals surface area contributed by atoms with Crippen molar-refractivity contribution >= 4 is 28.2 Å². The molecule has 8 nitrogen and oxygen atoms in total. The Bertz CT molecular complexity index is 1310. The van der Waals surface area contributed by atoms with Crippen molar-refractivity contribution in [1.29, 1.82) is 0 Å². The second-order valence-electron chi connectivity index (χ2n) is 8.76. The van der Waals surface area contributed by atoms with Gasteiger partial charge in [-0.1, -0.05) is 18.2 Å². The molecule has 5 rings (SSSR count). The molecule has 1 aliphatic heterocycles. The second-order valence-corrected chi connectivity index (χ2v) is 8.76. The summed E-state index contributed by atoms with van der Waals surface area (Å²) in [5, 5.41) is 11.0. The Balaban J connectivity index is 1.41. The molecule has 8 heteroatoms. The lowest BCUT2D eigenvalue weighted by Crippen LogP contribution is -2.36. The molecule has 1 fully saturated rings. The number of morpholine rings is 1. The quantitative estimate of drug-likeness (QED) is 0.459. The van der Waals surface area contributed by atoms with Gasteiger partial charge in [-0.2, -0.15) is 5.10 Å². The first-order valence-corrected chi connectivity index (χ1v) is 11.4. The highest BCUT2D eigenvalue weighted by atomic mass is 16.5. The largest absolute Gasteiger partial charge is 0.378 e. The molecular formula is C26H28N6O2. The van der Waals surface area contributed by atoms with E-state index >= 15 is 0 Å². The zero-order chi connectivity index (χ0) is 23.5. The summed E-state index contributed by atoms with van der Waals surface area (Å²) in [5.74, 6) is -0.245. The average Bonchev–Trinajstić information content (AvgIpc) is 3.28. The van der Waals surface area contributed by atoms with Crippen LogP contribution in [0.5, 0.6) is 0 Å². The Hall–Kier alpha value is -3.75. The zero-order valence-corrected chi connectivity index (χ0v) is 19.4. The third kappa shape index (κ3) is 4.78. The fourth-order valence-corrected chi connectivity index (χ4v) is 4.25. The van der Waals surface area contributed by atoms with Gasteiger partial charge in [0.1, 0.15) is 0 Å². The number of hydrogen-bond acceptors (Lipinski definition) is 6. The summed E-state index contributed by atoms with van der Waals surface area (Å²) in [4.78, 5) is 21.9. The number of aromatic amines is 1. The lowest BCUT2D eigenvalue weighted by molar-refractivity contribution is 0.102. The van der Waals surface area contributed by atoms with E-state index in [0.29, 0.717) is 5.69 Å². The second kappa shape index (κ2) is 9.62. The molecular weight excluding hydrogens is 428 g/mol.